The number of ether oxygens (including phenoxy) is 2. The molecule has 4 rings (SSSR count). The molecule has 1 aromatic heterocycles. The van der Waals surface area contributed by atoms with E-state index < -0.39 is 0 Å². The molecule has 0 N–H and O–H groups in total. The number of nitrogens with zero attached hydrogens (tertiary/aromatic N) is 3. The van der Waals surface area contributed by atoms with Crippen LogP contribution < -0.4 is 9.64 Å². The number of benzene rings is 1. The van der Waals surface area contributed by atoms with Crippen LogP contribution in [0.25, 0.3) is 10.9 Å². The normalized spacial score (nSPS) is 24.4. The van der Waals surface area contributed by atoms with Gasteiger partial charge in [0.2, 0.25) is 0 Å². The van der Waals surface area contributed by atoms with Crippen LogP contribution in [0.2, 0.25) is 5.15 Å². The number of halogens is 1. The lowest BCUT2D eigenvalue weighted by Gasteiger charge is -2.40. The van der Waals surface area contributed by atoms with Crippen molar-refractivity contribution < 1.29 is 9.47 Å². The lowest BCUT2D eigenvalue weighted by atomic mass is 10.1. The van der Waals surface area contributed by atoms with E-state index in [0.717, 1.165) is 42.0 Å². The Balaban J connectivity index is 1.88. The molecule has 6 heteroatoms. The van der Waals surface area contributed by atoms with Crippen molar-refractivity contribution in [2.24, 2.45) is 0 Å². The monoisotopic (exact) mass is 319 g/mol. The van der Waals surface area contributed by atoms with Crippen LogP contribution in [-0.4, -0.2) is 41.9 Å². The van der Waals surface area contributed by atoms with Crippen LogP contribution in [0.4, 0.5) is 5.69 Å². The number of anilines is 1. The highest BCUT2D eigenvalue weighted by atomic mass is 35.5. The summed E-state index contributed by atoms with van der Waals surface area (Å²) in [4.78, 5) is 11.1. The highest BCUT2D eigenvalue weighted by Crippen LogP contribution is 2.40. The molecular formula is C16H18ClN3O2. The second kappa shape index (κ2) is 5.25. The van der Waals surface area contributed by atoms with Gasteiger partial charge in [-0.2, -0.15) is 0 Å². The third-order valence-electron chi connectivity index (χ3n) is 4.37. The maximum Gasteiger partial charge on any atom is 0.144 e. The van der Waals surface area contributed by atoms with Crippen molar-refractivity contribution in [2.45, 2.75) is 32.4 Å². The van der Waals surface area contributed by atoms with E-state index in [2.05, 4.69) is 27.9 Å². The van der Waals surface area contributed by atoms with Gasteiger partial charge in [-0.15, -0.1) is 0 Å². The van der Waals surface area contributed by atoms with Crippen LogP contribution in [0.15, 0.2) is 12.1 Å². The molecule has 2 aliphatic rings. The summed E-state index contributed by atoms with van der Waals surface area (Å²) in [5.41, 5.74) is 1.89. The molecule has 0 aliphatic carbocycles. The Morgan fingerprint density at radius 1 is 1.27 bits per heavy atom. The van der Waals surface area contributed by atoms with Gasteiger partial charge in [0, 0.05) is 18.1 Å². The van der Waals surface area contributed by atoms with Crippen LogP contribution in [0, 0.1) is 6.92 Å². The third-order valence-corrected chi connectivity index (χ3v) is 4.66. The second-order valence-electron chi connectivity index (χ2n) is 5.98. The maximum atomic E-state index is 6.31. The summed E-state index contributed by atoms with van der Waals surface area (Å²) in [5, 5.41) is 1.36. The van der Waals surface area contributed by atoms with E-state index in [0.29, 0.717) is 29.7 Å². The average Bonchev–Trinajstić information content (AvgIpc) is 2.99. The lowest BCUT2D eigenvalue weighted by molar-refractivity contribution is 0.188. The fourth-order valence-electron chi connectivity index (χ4n) is 3.36. The minimum Gasteiger partial charge on any atom is -0.489 e. The molecule has 0 amide bonds. The first-order valence-corrected chi connectivity index (χ1v) is 7.98. The Labute approximate surface area is 134 Å². The van der Waals surface area contributed by atoms with Crippen molar-refractivity contribution in [3.63, 3.8) is 0 Å². The zero-order valence-corrected chi connectivity index (χ0v) is 13.4. The second-order valence-corrected chi connectivity index (χ2v) is 6.34. The topological polar surface area (TPSA) is 47.5 Å². The van der Waals surface area contributed by atoms with Crippen LogP contribution in [0.3, 0.4) is 0 Å². The van der Waals surface area contributed by atoms with Gasteiger partial charge in [-0.1, -0.05) is 11.6 Å². The summed E-state index contributed by atoms with van der Waals surface area (Å²) in [5.74, 6) is 1.54. The number of aryl methyl sites for hydroxylation is 1. The van der Waals surface area contributed by atoms with E-state index in [-0.39, 0.29) is 0 Å². The quantitative estimate of drug-likeness (QED) is 0.756. The summed E-state index contributed by atoms with van der Waals surface area (Å²) < 4.78 is 11.5. The molecule has 2 aliphatic heterocycles. The Morgan fingerprint density at radius 2 is 2.14 bits per heavy atom. The molecule has 2 unspecified atom stereocenters. The van der Waals surface area contributed by atoms with E-state index in [1.807, 2.05) is 13.0 Å². The molecule has 1 fully saturated rings. The number of fused-ring (bicyclic) bond motifs is 2. The summed E-state index contributed by atoms with van der Waals surface area (Å²) >= 11 is 6.31. The molecule has 0 saturated carbocycles. The van der Waals surface area contributed by atoms with Gasteiger partial charge in [0.05, 0.1) is 29.9 Å². The maximum absolute atomic E-state index is 6.31. The van der Waals surface area contributed by atoms with E-state index in [1.54, 1.807) is 0 Å². The summed E-state index contributed by atoms with van der Waals surface area (Å²) in [6.45, 7) is 6.28. The Kier molecular flexibility index (Phi) is 3.35. The van der Waals surface area contributed by atoms with Crippen LogP contribution in [-0.2, 0) is 4.74 Å². The summed E-state index contributed by atoms with van der Waals surface area (Å²) in [6.07, 6.45) is 1.04. The standard InChI is InChI=1S/C16H18ClN3O2/c1-9-7-22-15-6-13-12(16(17)19-10(2)18-13)5-14(15)20(9)11-3-4-21-8-11/h5-6,9,11H,3-4,7-8H2,1-2H3. The largest absolute Gasteiger partial charge is 0.489 e. The molecule has 22 heavy (non-hydrogen) atoms. The Hall–Kier alpha value is -1.59. The minimum absolute atomic E-state index is 0.307. The van der Waals surface area contributed by atoms with Crippen LogP contribution >= 0.6 is 11.6 Å². The van der Waals surface area contributed by atoms with Crippen molar-refractivity contribution in [2.75, 3.05) is 24.7 Å². The van der Waals surface area contributed by atoms with E-state index in [4.69, 9.17) is 21.1 Å². The van der Waals surface area contributed by atoms with Gasteiger partial charge in [0.1, 0.15) is 23.3 Å². The molecule has 2 atom stereocenters. The highest BCUT2D eigenvalue weighted by molar-refractivity contribution is 6.34. The molecular weight excluding hydrogens is 302 g/mol. The first kappa shape index (κ1) is 14.0. The van der Waals surface area contributed by atoms with E-state index >= 15 is 0 Å². The summed E-state index contributed by atoms with van der Waals surface area (Å²) in [7, 11) is 0. The zero-order valence-electron chi connectivity index (χ0n) is 12.7. The molecule has 1 saturated heterocycles. The van der Waals surface area contributed by atoms with Gasteiger partial charge in [-0.25, -0.2) is 9.97 Å². The van der Waals surface area contributed by atoms with E-state index in [9.17, 15) is 0 Å². The molecule has 0 spiro atoms. The first-order chi connectivity index (χ1) is 10.6. The fraction of sp³-hybridized carbons (Fsp3) is 0.500. The van der Waals surface area contributed by atoms with Gasteiger partial charge in [-0.3, -0.25) is 0 Å². The Morgan fingerprint density at radius 3 is 2.91 bits per heavy atom. The minimum atomic E-state index is 0.307. The SMILES string of the molecule is Cc1nc(Cl)c2cc3c(cc2n1)OCC(C)N3C1CCOC1. The fourth-order valence-corrected chi connectivity index (χ4v) is 3.63. The van der Waals surface area contributed by atoms with Crippen LogP contribution in [0.1, 0.15) is 19.2 Å². The zero-order chi connectivity index (χ0) is 15.3. The van der Waals surface area contributed by atoms with Crippen molar-refractivity contribution >= 4 is 28.2 Å². The van der Waals surface area contributed by atoms with Gasteiger partial charge >= 0.3 is 0 Å². The third kappa shape index (κ3) is 2.20. The summed E-state index contributed by atoms with van der Waals surface area (Å²) in [6, 6.07) is 4.72. The number of hydrogen-bond acceptors (Lipinski definition) is 5. The highest BCUT2D eigenvalue weighted by Gasteiger charge is 2.33. The van der Waals surface area contributed by atoms with Crippen molar-refractivity contribution in [1.82, 2.24) is 9.97 Å². The van der Waals surface area contributed by atoms with Gasteiger partial charge in [0.15, 0.2) is 0 Å². The van der Waals surface area contributed by atoms with Crippen LogP contribution in [0.5, 0.6) is 5.75 Å². The number of rotatable bonds is 1. The first-order valence-electron chi connectivity index (χ1n) is 7.60. The van der Waals surface area contributed by atoms with E-state index in [1.165, 1.54) is 0 Å². The Bertz CT molecular complexity index is 731. The number of hydrogen-bond donors (Lipinski definition) is 0. The van der Waals surface area contributed by atoms with Crippen molar-refractivity contribution in [3.8, 4) is 5.75 Å². The van der Waals surface area contributed by atoms with Gasteiger partial charge < -0.3 is 14.4 Å². The predicted octanol–water partition coefficient (Wildman–Crippen LogP) is 2.97. The molecule has 116 valence electrons. The average molecular weight is 320 g/mol. The van der Waals surface area contributed by atoms with Crippen molar-refractivity contribution in [3.05, 3.63) is 23.1 Å². The number of aromatic nitrogens is 2. The van der Waals surface area contributed by atoms with Gasteiger partial charge in [-0.05, 0) is 26.3 Å². The molecule has 2 aromatic rings. The molecule has 3 heterocycles. The van der Waals surface area contributed by atoms with Crippen molar-refractivity contribution in [1.29, 1.82) is 0 Å². The predicted molar refractivity (Wildman–Crippen MR) is 85.9 cm³/mol. The molecule has 0 bridgehead atoms. The van der Waals surface area contributed by atoms with Gasteiger partial charge in [0.25, 0.3) is 0 Å². The molecule has 0 radical (unpaired) electrons. The molecule has 5 nitrogen and oxygen atoms in total. The molecule has 1 aromatic carbocycles. The lowest BCUT2D eigenvalue weighted by Crippen LogP contribution is -2.47. The smallest absolute Gasteiger partial charge is 0.144 e.